The van der Waals surface area contributed by atoms with Gasteiger partial charge in [0.2, 0.25) is 0 Å². The fourth-order valence-electron chi connectivity index (χ4n) is 1.23. The lowest BCUT2D eigenvalue weighted by molar-refractivity contribution is 0.627. The van der Waals surface area contributed by atoms with Gasteiger partial charge in [-0.1, -0.05) is 11.6 Å². The lowest BCUT2D eigenvalue weighted by atomic mass is 10.3. The summed E-state index contributed by atoms with van der Waals surface area (Å²) in [4.78, 5) is 0. The second-order valence-corrected chi connectivity index (χ2v) is 3.38. The third kappa shape index (κ3) is 1.63. The summed E-state index contributed by atoms with van der Waals surface area (Å²) in [6.45, 7) is 1.85. The van der Waals surface area contributed by atoms with Crippen LogP contribution in [0, 0.1) is 12.7 Å². The molecule has 0 fully saturated rings. The quantitative estimate of drug-likeness (QED) is 0.708. The molecule has 0 unspecified atom stereocenters. The van der Waals surface area contributed by atoms with Gasteiger partial charge in [-0.25, -0.2) is 9.07 Å². The SMILES string of the molecule is Cc1cc(Cl)n(-c2ccc(F)cc2)n1. The number of halogens is 2. The van der Waals surface area contributed by atoms with Gasteiger partial charge in [-0.2, -0.15) is 5.10 Å². The molecule has 2 rings (SSSR count). The Morgan fingerprint density at radius 2 is 1.93 bits per heavy atom. The van der Waals surface area contributed by atoms with Gasteiger partial charge in [0, 0.05) is 0 Å². The van der Waals surface area contributed by atoms with Crippen molar-refractivity contribution in [1.82, 2.24) is 9.78 Å². The molecule has 0 radical (unpaired) electrons. The molecule has 0 N–H and O–H groups in total. The van der Waals surface area contributed by atoms with E-state index in [1.807, 2.05) is 6.92 Å². The molecule has 72 valence electrons. The predicted octanol–water partition coefficient (Wildman–Crippen LogP) is 2.97. The van der Waals surface area contributed by atoms with Crippen molar-refractivity contribution in [3.8, 4) is 5.69 Å². The molecule has 0 amide bonds. The number of aromatic nitrogens is 2. The molecule has 0 aliphatic rings. The zero-order valence-electron chi connectivity index (χ0n) is 7.54. The molecular weight excluding hydrogens is 203 g/mol. The Balaban J connectivity index is 2.49. The van der Waals surface area contributed by atoms with Crippen LogP contribution in [0.4, 0.5) is 4.39 Å². The summed E-state index contributed by atoms with van der Waals surface area (Å²) in [5, 5.41) is 4.69. The molecule has 2 nitrogen and oxygen atoms in total. The summed E-state index contributed by atoms with van der Waals surface area (Å²) in [5.74, 6) is -0.270. The zero-order valence-corrected chi connectivity index (χ0v) is 8.29. The highest BCUT2D eigenvalue weighted by Gasteiger charge is 2.04. The lowest BCUT2D eigenvalue weighted by Gasteiger charge is -2.01. The van der Waals surface area contributed by atoms with Crippen LogP contribution in [-0.2, 0) is 0 Å². The summed E-state index contributed by atoms with van der Waals surface area (Å²) >= 11 is 5.93. The topological polar surface area (TPSA) is 17.8 Å². The van der Waals surface area contributed by atoms with E-state index < -0.39 is 0 Å². The van der Waals surface area contributed by atoms with Gasteiger partial charge in [0.15, 0.2) is 0 Å². The average Bonchev–Trinajstić information content (AvgIpc) is 2.47. The summed E-state index contributed by atoms with van der Waals surface area (Å²) in [6, 6.07) is 7.78. The third-order valence-electron chi connectivity index (χ3n) is 1.86. The number of aryl methyl sites for hydroxylation is 1. The Hall–Kier alpha value is -1.35. The van der Waals surface area contributed by atoms with Crippen molar-refractivity contribution in [3.63, 3.8) is 0 Å². The minimum Gasteiger partial charge on any atom is -0.222 e. The molecule has 0 bridgehead atoms. The van der Waals surface area contributed by atoms with Gasteiger partial charge in [-0.15, -0.1) is 0 Å². The van der Waals surface area contributed by atoms with Crippen molar-refractivity contribution in [2.75, 3.05) is 0 Å². The van der Waals surface area contributed by atoms with Gasteiger partial charge in [-0.3, -0.25) is 0 Å². The Morgan fingerprint density at radius 1 is 1.29 bits per heavy atom. The Morgan fingerprint density at radius 3 is 2.43 bits per heavy atom. The summed E-state index contributed by atoms with van der Waals surface area (Å²) in [5.41, 5.74) is 1.59. The van der Waals surface area contributed by atoms with E-state index in [-0.39, 0.29) is 5.82 Å². The minimum absolute atomic E-state index is 0.270. The Labute approximate surface area is 85.9 Å². The van der Waals surface area contributed by atoms with Gasteiger partial charge in [-0.05, 0) is 37.3 Å². The van der Waals surface area contributed by atoms with Crippen LogP contribution in [0.3, 0.4) is 0 Å². The van der Waals surface area contributed by atoms with E-state index in [1.54, 1.807) is 22.9 Å². The van der Waals surface area contributed by atoms with E-state index in [2.05, 4.69) is 5.10 Å². The summed E-state index contributed by atoms with van der Waals surface area (Å²) < 4.78 is 14.2. The highest BCUT2D eigenvalue weighted by atomic mass is 35.5. The van der Waals surface area contributed by atoms with E-state index in [0.717, 1.165) is 11.4 Å². The van der Waals surface area contributed by atoms with E-state index >= 15 is 0 Å². The molecule has 1 heterocycles. The average molecular weight is 211 g/mol. The molecule has 0 spiro atoms. The molecule has 0 saturated carbocycles. The summed E-state index contributed by atoms with van der Waals surface area (Å²) in [7, 11) is 0. The molecule has 0 aliphatic heterocycles. The van der Waals surface area contributed by atoms with Gasteiger partial charge in [0.1, 0.15) is 11.0 Å². The minimum atomic E-state index is -0.270. The van der Waals surface area contributed by atoms with Gasteiger partial charge < -0.3 is 0 Å². The molecule has 1 aromatic heterocycles. The Bertz CT molecular complexity index is 448. The molecule has 14 heavy (non-hydrogen) atoms. The normalized spacial score (nSPS) is 10.5. The van der Waals surface area contributed by atoms with E-state index in [1.165, 1.54) is 12.1 Å². The fraction of sp³-hybridized carbons (Fsp3) is 0.100. The molecule has 1 aromatic carbocycles. The van der Waals surface area contributed by atoms with Crippen molar-refractivity contribution >= 4 is 11.6 Å². The van der Waals surface area contributed by atoms with Gasteiger partial charge in [0.25, 0.3) is 0 Å². The first-order valence-corrected chi connectivity index (χ1v) is 4.53. The van der Waals surface area contributed by atoms with Gasteiger partial charge >= 0.3 is 0 Å². The van der Waals surface area contributed by atoms with E-state index in [0.29, 0.717) is 5.15 Å². The highest BCUT2D eigenvalue weighted by Crippen LogP contribution is 2.16. The molecule has 4 heteroatoms. The molecule has 0 atom stereocenters. The van der Waals surface area contributed by atoms with Crippen molar-refractivity contribution in [2.24, 2.45) is 0 Å². The first-order chi connectivity index (χ1) is 6.66. The maximum atomic E-state index is 12.6. The largest absolute Gasteiger partial charge is 0.222 e. The van der Waals surface area contributed by atoms with E-state index in [4.69, 9.17) is 11.6 Å². The van der Waals surface area contributed by atoms with Crippen molar-refractivity contribution in [2.45, 2.75) is 6.92 Å². The van der Waals surface area contributed by atoms with Crippen molar-refractivity contribution in [1.29, 1.82) is 0 Å². The van der Waals surface area contributed by atoms with E-state index in [9.17, 15) is 4.39 Å². The van der Waals surface area contributed by atoms with Crippen LogP contribution >= 0.6 is 11.6 Å². The van der Waals surface area contributed by atoms with Crippen LogP contribution in [-0.4, -0.2) is 9.78 Å². The van der Waals surface area contributed by atoms with Crippen LogP contribution in [0.25, 0.3) is 5.69 Å². The first kappa shape index (κ1) is 9.21. The molecule has 0 saturated heterocycles. The van der Waals surface area contributed by atoms with Crippen LogP contribution in [0.15, 0.2) is 30.3 Å². The Kier molecular flexibility index (Phi) is 2.25. The maximum Gasteiger partial charge on any atom is 0.133 e. The van der Waals surface area contributed by atoms with Crippen LogP contribution in [0.5, 0.6) is 0 Å². The number of hydrogen-bond acceptors (Lipinski definition) is 1. The smallest absolute Gasteiger partial charge is 0.133 e. The molecule has 2 aromatic rings. The monoisotopic (exact) mass is 210 g/mol. The lowest BCUT2D eigenvalue weighted by Crippen LogP contribution is -1.96. The summed E-state index contributed by atoms with van der Waals surface area (Å²) in [6.07, 6.45) is 0. The second-order valence-electron chi connectivity index (χ2n) is 3.00. The molecular formula is C10H8ClFN2. The van der Waals surface area contributed by atoms with Gasteiger partial charge in [0.05, 0.1) is 11.4 Å². The van der Waals surface area contributed by atoms with Crippen LogP contribution in [0.2, 0.25) is 5.15 Å². The number of hydrogen-bond donors (Lipinski definition) is 0. The number of nitrogens with zero attached hydrogens (tertiary/aromatic N) is 2. The zero-order chi connectivity index (χ0) is 10.1. The predicted molar refractivity (Wildman–Crippen MR) is 53.3 cm³/mol. The van der Waals surface area contributed by atoms with Crippen LogP contribution < -0.4 is 0 Å². The highest BCUT2D eigenvalue weighted by molar-refractivity contribution is 6.29. The fourth-order valence-corrected chi connectivity index (χ4v) is 1.52. The second kappa shape index (κ2) is 3.42. The number of rotatable bonds is 1. The van der Waals surface area contributed by atoms with Crippen molar-refractivity contribution < 1.29 is 4.39 Å². The number of benzene rings is 1. The third-order valence-corrected chi connectivity index (χ3v) is 2.13. The van der Waals surface area contributed by atoms with Crippen LogP contribution in [0.1, 0.15) is 5.69 Å². The van der Waals surface area contributed by atoms with Crippen molar-refractivity contribution in [3.05, 3.63) is 47.0 Å². The maximum absolute atomic E-state index is 12.6. The molecule has 0 aliphatic carbocycles. The first-order valence-electron chi connectivity index (χ1n) is 4.15. The standard InChI is InChI=1S/C10H8ClFN2/c1-7-6-10(11)14(13-7)9-4-2-8(12)3-5-9/h2-6H,1H3.